The van der Waals surface area contributed by atoms with Gasteiger partial charge in [-0.3, -0.25) is 14.9 Å². The Morgan fingerprint density at radius 2 is 2.37 bits per heavy atom. The molecule has 0 saturated heterocycles. The van der Waals surface area contributed by atoms with Crippen molar-refractivity contribution >= 4 is 23.2 Å². The number of carbonyl (C=O) groups is 1. The number of amides is 1. The number of aromatic nitrogens is 1. The summed E-state index contributed by atoms with van der Waals surface area (Å²) < 4.78 is 0. The molecular formula is C11H14ClN3O4. The Hall–Kier alpha value is -1.73. The minimum Gasteiger partial charge on any atom is -0.393 e. The van der Waals surface area contributed by atoms with Gasteiger partial charge in [-0.05, 0) is 25.8 Å². The fraction of sp³-hybridized carbons (Fsp3) is 0.455. The van der Waals surface area contributed by atoms with Crippen molar-refractivity contribution in [2.75, 3.05) is 6.54 Å². The largest absolute Gasteiger partial charge is 0.393 e. The van der Waals surface area contributed by atoms with Gasteiger partial charge in [-0.1, -0.05) is 11.6 Å². The number of halogens is 1. The van der Waals surface area contributed by atoms with Gasteiger partial charge in [-0.2, -0.15) is 0 Å². The van der Waals surface area contributed by atoms with E-state index in [0.717, 1.165) is 0 Å². The van der Waals surface area contributed by atoms with Crippen LogP contribution in [0.2, 0.25) is 5.15 Å². The lowest BCUT2D eigenvalue weighted by atomic mass is 10.2. The number of nitrogens with one attached hydrogen (secondary N) is 1. The summed E-state index contributed by atoms with van der Waals surface area (Å²) in [7, 11) is 0. The maximum absolute atomic E-state index is 11.8. The van der Waals surface area contributed by atoms with Crippen LogP contribution in [0.4, 0.5) is 5.69 Å². The van der Waals surface area contributed by atoms with Crippen LogP contribution in [0.5, 0.6) is 0 Å². The number of pyridine rings is 1. The second-order valence-electron chi connectivity index (χ2n) is 4.00. The van der Waals surface area contributed by atoms with Gasteiger partial charge in [0.1, 0.15) is 5.56 Å². The third-order valence-corrected chi connectivity index (χ3v) is 2.67. The Morgan fingerprint density at radius 1 is 1.68 bits per heavy atom. The van der Waals surface area contributed by atoms with E-state index in [1.807, 2.05) is 0 Å². The monoisotopic (exact) mass is 287 g/mol. The summed E-state index contributed by atoms with van der Waals surface area (Å²) in [6.07, 6.45) is 1.91. The minimum absolute atomic E-state index is 0.123. The maximum Gasteiger partial charge on any atom is 0.319 e. The molecular weight excluding hydrogens is 274 g/mol. The summed E-state index contributed by atoms with van der Waals surface area (Å²) in [6, 6.07) is 1.24. The van der Waals surface area contributed by atoms with E-state index in [1.54, 1.807) is 6.92 Å². The molecule has 0 fully saturated rings. The molecule has 1 rings (SSSR count). The van der Waals surface area contributed by atoms with Crippen LogP contribution >= 0.6 is 11.6 Å². The van der Waals surface area contributed by atoms with Crippen molar-refractivity contribution in [2.24, 2.45) is 0 Å². The average Bonchev–Trinajstić information content (AvgIpc) is 2.33. The first-order valence-electron chi connectivity index (χ1n) is 5.68. The summed E-state index contributed by atoms with van der Waals surface area (Å²) in [5, 5.41) is 22.1. The summed E-state index contributed by atoms with van der Waals surface area (Å²) in [4.78, 5) is 25.5. The molecule has 7 nitrogen and oxygen atoms in total. The lowest BCUT2D eigenvalue weighted by Crippen LogP contribution is -2.26. The van der Waals surface area contributed by atoms with Crippen molar-refractivity contribution in [3.05, 3.63) is 33.1 Å². The molecule has 0 saturated carbocycles. The molecule has 0 bridgehead atoms. The number of rotatable bonds is 6. The smallest absolute Gasteiger partial charge is 0.319 e. The highest BCUT2D eigenvalue weighted by Gasteiger charge is 2.24. The molecule has 1 heterocycles. The third-order valence-electron chi connectivity index (χ3n) is 2.39. The van der Waals surface area contributed by atoms with Crippen molar-refractivity contribution < 1.29 is 14.8 Å². The predicted molar refractivity (Wildman–Crippen MR) is 69.1 cm³/mol. The molecule has 0 spiro atoms. The lowest BCUT2D eigenvalue weighted by molar-refractivity contribution is -0.385. The van der Waals surface area contributed by atoms with Gasteiger partial charge >= 0.3 is 5.69 Å². The minimum atomic E-state index is -0.736. The number of carbonyl (C=O) groups excluding carboxylic acids is 1. The Morgan fingerprint density at radius 3 is 2.95 bits per heavy atom. The van der Waals surface area contributed by atoms with E-state index in [9.17, 15) is 14.9 Å². The van der Waals surface area contributed by atoms with Crippen LogP contribution < -0.4 is 5.32 Å². The molecule has 104 valence electrons. The Kier molecular flexibility index (Phi) is 5.65. The van der Waals surface area contributed by atoms with E-state index in [1.165, 1.54) is 12.3 Å². The number of hydrogen-bond acceptors (Lipinski definition) is 5. The van der Waals surface area contributed by atoms with Crippen LogP contribution in [0, 0.1) is 10.1 Å². The van der Waals surface area contributed by atoms with Gasteiger partial charge in [0.05, 0.1) is 11.0 Å². The first-order chi connectivity index (χ1) is 8.93. The molecule has 0 radical (unpaired) electrons. The predicted octanol–water partition coefficient (Wildman–Crippen LogP) is 1.53. The number of aliphatic hydroxyl groups is 1. The molecule has 1 atom stereocenters. The van der Waals surface area contributed by atoms with Crippen LogP contribution in [0.1, 0.15) is 30.1 Å². The van der Waals surface area contributed by atoms with E-state index in [4.69, 9.17) is 16.7 Å². The Balaban J connectivity index is 2.72. The molecule has 1 aromatic rings. The van der Waals surface area contributed by atoms with Gasteiger partial charge in [0.15, 0.2) is 0 Å². The van der Waals surface area contributed by atoms with Crippen LogP contribution in [0.25, 0.3) is 0 Å². The molecule has 1 unspecified atom stereocenters. The van der Waals surface area contributed by atoms with Crippen molar-refractivity contribution in [1.82, 2.24) is 10.3 Å². The molecule has 19 heavy (non-hydrogen) atoms. The zero-order valence-electron chi connectivity index (χ0n) is 10.3. The number of nitrogens with zero attached hydrogens (tertiary/aromatic N) is 2. The highest BCUT2D eigenvalue weighted by molar-refractivity contribution is 6.32. The Labute approximate surface area is 114 Å². The summed E-state index contributed by atoms with van der Waals surface area (Å²) >= 11 is 5.61. The molecule has 1 aromatic heterocycles. The van der Waals surface area contributed by atoms with Crippen LogP contribution in [-0.4, -0.2) is 33.6 Å². The molecule has 0 aliphatic rings. The molecule has 8 heteroatoms. The van der Waals surface area contributed by atoms with Crippen molar-refractivity contribution in [2.45, 2.75) is 25.9 Å². The van der Waals surface area contributed by atoms with Crippen LogP contribution in [0.3, 0.4) is 0 Å². The van der Waals surface area contributed by atoms with Gasteiger partial charge < -0.3 is 10.4 Å². The van der Waals surface area contributed by atoms with Gasteiger partial charge in [0, 0.05) is 12.7 Å². The number of aliphatic hydroxyl groups excluding tert-OH is 1. The molecule has 0 aliphatic carbocycles. The highest BCUT2D eigenvalue weighted by atomic mass is 35.5. The van der Waals surface area contributed by atoms with Crippen molar-refractivity contribution in [3.8, 4) is 0 Å². The van der Waals surface area contributed by atoms with Gasteiger partial charge in [0.25, 0.3) is 5.91 Å². The van der Waals surface area contributed by atoms with Gasteiger partial charge in [0.2, 0.25) is 5.15 Å². The van der Waals surface area contributed by atoms with Crippen molar-refractivity contribution in [3.63, 3.8) is 0 Å². The zero-order valence-corrected chi connectivity index (χ0v) is 11.1. The van der Waals surface area contributed by atoms with Crippen LogP contribution in [-0.2, 0) is 0 Å². The van der Waals surface area contributed by atoms with E-state index in [2.05, 4.69) is 10.3 Å². The summed E-state index contributed by atoms with van der Waals surface area (Å²) in [5.74, 6) is -0.582. The van der Waals surface area contributed by atoms with E-state index in [-0.39, 0.29) is 10.7 Å². The lowest BCUT2D eigenvalue weighted by Gasteiger charge is -2.07. The fourth-order valence-electron chi connectivity index (χ4n) is 1.48. The molecule has 0 aromatic carbocycles. The normalized spacial score (nSPS) is 11.9. The maximum atomic E-state index is 11.8. The first-order valence-corrected chi connectivity index (χ1v) is 6.06. The molecule has 1 amide bonds. The second kappa shape index (κ2) is 7.01. The fourth-order valence-corrected chi connectivity index (χ4v) is 1.71. The molecule has 2 N–H and O–H groups in total. The molecule has 0 aliphatic heterocycles. The highest BCUT2D eigenvalue weighted by Crippen LogP contribution is 2.25. The van der Waals surface area contributed by atoms with Crippen molar-refractivity contribution in [1.29, 1.82) is 0 Å². The topological polar surface area (TPSA) is 105 Å². The second-order valence-corrected chi connectivity index (χ2v) is 4.36. The first kappa shape index (κ1) is 15.3. The van der Waals surface area contributed by atoms with Gasteiger partial charge in [-0.15, -0.1) is 0 Å². The quantitative estimate of drug-likeness (QED) is 0.357. The number of hydrogen-bond donors (Lipinski definition) is 2. The number of nitro groups is 1. The van der Waals surface area contributed by atoms with E-state index in [0.29, 0.717) is 19.4 Å². The average molecular weight is 288 g/mol. The van der Waals surface area contributed by atoms with Gasteiger partial charge in [-0.25, -0.2) is 4.98 Å². The van der Waals surface area contributed by atoms with E-state index >= 15 is 0 Å². The van der Waals surface area contributed by atoms with Crippen LogP contribution in [0.15, 0.2) is 12.3 Å². The standard InChI is InChI=1S/C11H14ClN3O4/c1-7(16)3-2-5-14-11(17)8-4-6-13-10(12)9(8)15(18)19/h4,6-7,16H,2-3,5H2,1H3,(H,14,17). The summed E-state index contributed by atoms with van der Waals surface area (Å²) in [6.45, 7) is 1.97. The SMILES string of the molecule is CC(O)CCCNC(=O)c1ccnc(Cl)c1[N+](=O)[O-]. The third kappa shape index (κ3) is 4.46. The van der Waals surface area contributed by atoms with E-state index < -0.39 is 22.6 Å². The summed E-state index contributed by atoms with van der Waals surface area (Å²) in [5.41, 5.74) is -0.626. The Bertz CT molecular complexity index is 479. The zero-order chi connectivity index (χ0) is 14.4.